The zero-order valence-electron chi connectivity index (χ0n) is 11.2. The monoisotopic (exact) mass is 237 g/mol. The van der Waals surface area contributed by atoms with Gasteiger partial charge in [-0.1, -0.05) is 12.1 Å². The maximum Gasteiger partial charge on any atom is 0.122 e. The number of ether oxygens (including phenoxy) is 2. The molecule has 0 bridgehead atoms. The van der Waals surface area contributed by atoms with Gasteiger partial charge in [0.05, 0.1) is 6.61 Å². The lowest BCUT2D eigenvalue weighted by Gasteiger charge is -2.14. The van der Waals surface area contributed by atoms with E-state index in [1.165, 1.54) is 11.1 Å². The predicted molar refractivity (Wildman–Crippen MR) is 70.8 cm³/mol. The summed E-state index contributed by atoms with van der Waals surface area (Å²) in [6.45, 7) is 8.52. The van der Waals surface area contributed by atoms with Crippen molar-refractivity contribution in [1.29, 1.82) is 0 Å². The third kappa shape index (κ3) is 4.75. The van der Waals surface area contributed by atoms with Gasteiger partial charge in [0.15, 0.2) is 0 Å². The first-order valence-corrected chi connectivity index (χ1v) is 6.06. The number of hydrogen-bond acceptors (Lipinski definition) is 3. The topological polar surface area (TPSA) is 30.5 Å². The van der Waals surface area contributed by atoms with E-state index in [2.05, 4.69) is 32.2 Å². The van der Waals surface area contributed by atoms with Crippen LogP contribution in [0.15, 0.2) is 18.2 Å². The van der Waals surface area contributed by atoms with Crippen LogP contribution in [0.25, 0.3) is 0 Å². The van der Waals surface area contributed by atoms with Crippen molar-refractivity contribution in [2.75, 3.05) is 26.9 Å². The van der Waals surface area contributed by atoms with Gasteiger partial charge in [-0.2, -0.15) is 0 Å². The smallest absolute Gasteiger partial charge is 0.122 e. The molecule has 96 valence electrons. The molecule has 1 aromatic carbocycles. The molecule has 0 saturated heterocycles. The Balaban J connectivity index is 2.29. The third-order valence-corrected chi connectivity index (χ3v) is 2.82. The molecule has 1 unspecified atom stereocenters. The van der Waals surface area contributed by atoms with Gasteiger partial charge in [0.1, 0.15) is 12.4 Å². The molecule has 1 atom stereocenters. The number of aryl methyl sites for hydroxylation is 1. The van der Waals surface area contributed by atoms with Gasteiger partial charge in [-0.05, 0) is 38.0 Å². The maximum absolute atomic E-state index is 5.74. The van der Waals surface area contributed by atoms with Gasteiger partial charge >= 0.3 is 0 Å². The van der Waals surface area contributed by atoms with Gasteiger partial charge in [0.25, 0.3) is 0 Å². The molecule has 0 saturated carbocycles. The van der Waals surface area contributed by atoms with Crippen LogP contribution in [0, 0.1) is 13.8 Å². The predicted octanol–water partition coefficient (Wildman–Crippen LogP) is 2.31. The Labute approximate surface area is 104 Å². The number of hydrogen-bond donors (Lipinski definition) is 1. The van der Waals surface area contributed by atoms with Gasteiger partial charge in [-0.25, -0.2) is 0 Å². The Morgan fingerprint density at radius 1 is 1.29 bits per heavy atom. The van der Waals surface area contributed by atoms with Crippen molar-refractivity contribution in [3.63, 3.8) is 0 Å². The minimum atomic E-state index is 0.363. The van der Waals surface area contributed by atoms with E-state index in [1.54, 1.807) is 7.11 Å². The number of methoxy groups -OCH3 is 1. The largest absolute Gasteiger partial charge is 0.492 e. The van der Waals surface area contributed by atoms with Crippen molar-refractivity contribution in [3.8, 4) is 5.75 Å². The molecule has 0 aromatic heterocycles. The molecular weight excluding hydrogens is 214 g/mol. The molecule has 0 fully saturated rings. The van der Waals surface area contributed by atoms with Gasteiger partial charge in [0, 0.05) is 19.7 Å². The Morgan fingerprint density at radius 3 is 2.76 bits per heavy atom. The highest BCUT2D eigenvalue weighted by Crippen LogP contribution is 2.20. The maximum atomic E-state index is 5.74. The van der Waals surface area contributed by atoms with Crippen molar-refractivity contribution in [3.05, 3.63) is 29.3 Å². The van der Waals surface area contributed by atoms with Crippen LogP contribution in [0.2, 0.25) is 0 Å². The van der Waals surface area contributed by atoms with E-state index in [-0.39, 0.29) is 0 Å². The van der Waals surface area contributed by atoms with Crippen molar-refractivity contribution < 1.29 is 9.47 Å². The molecule has 1 aromatic rings. The van der Waals surface area contributed by atoms with E-state index in [9.17, 15) is 0 Å². The zero-order chi connectivity index (χ0) is 12.7. The summed E-state index contributed by atoms with van der Waals surface area (Å²) in [5.74, 6) is 0.978. The summed E-state index contributed by atoms with van der Waals surface area (Å²) >= 11 is 0. The van der Waals surface area contributed by atoms with Gasteiger partial charge < -0.3 is 14.8 Å². The lowest BCUT2D eigenvalue weighted by atomic mass is 10.1. The number of rotatable bonds is 7. The van der Waals surface area contributed by atoms with E-state index >= 15 is 0 Å². The molecule has 3 nitrogen and oxygen atoms in total. The molecule has 1 rings (SSSR count). The van der Waals surface area contributed by atoms with Crippen LogP contribution in [0.5, 0.6) is 5.75 Å². The normalized spacial score (nSPS) is 12.5. The molecule has 1 N–H and O–H groups in total. The fraction of sp³-hybridized carbons (Fsp3) is 0.571. The van der Waals surface area contributed by atoms with E-state index < -0.39 is 0 Å². The van der Waals surface area contributed by atoms with Crippen molar-refractivity contribution >= 4 is 0 Å². The second-order valence-electron chi connectivity index (χ2n) is 4.36. The first kappa shape index (κ1) is 14.0. The molecule has 0 heterocycles. The van der Waals surface area contributed by atoms with E-state index in [0.717, 1.165) is 18.9 Å². The summed E-state index contributed by atoms with van der Waals surface area (Å²) in [5.41, 5.74) is 2.49. The minimum Gasteiger partial charge on any atom is -0.492 e. The van der Waals surface area contributed by atoms with Gasteiger partial charge in [-0.3, -0.25) is 0 Å². The Hall–Kier alpha value is -1.06. The lowest BCUT2D eigenvalue weighted by molar-refractivity contribution is 0.169. The van der Waals surface area contributed by atoms with Crippen LogP contribution in [-0.4, -0.2) is 32.9 Å². The van der Waals surface area contributed by atoms with Crippen LogP contribution in [-0.2, 0) is 4.74 Å². The molecule has 3 heteroatoms. The lowest BCUT2D eigenvalue weighted by Crippen LogP contribution is -2.33. The zero-order valence-corrected chi connectivity index (χ0v) is 11.2. The summed E-state index contributed by atoms with van der Waals surface area (Å²) in [4.78, 5) is 0. The molecule has 17 heavy (non-hydrogen) atoms. The molecule has 0 aliphatic rings. The van der Waals surface area contributed by atoms with E-state index in [0.29, 0.717) is 12.6 Å². The van der Waals surface area contributed by atoms with Crippen LogP contribution in [0.4, 0.5) is 0 Å². The molecule has 0 aliphatic carbocycles. The number of nitrogens with one attached hydrogen (secondary N) is 1. The summed E-state index contributed by atoms with van der Waals surface area (Å²) in [6, 6.07) is 6.50. The summed E-state index contributed by atoms with van der Waals surface area (Å²) in [6.07, 6.45) is 0. The standard InChI is InChI=1S/C14H23NO2/c1-11-6-5-7-14(13(11)3)17-9-8-15-12(2)10-16-4/h5-7,12,15H,8-10H2,1-4H3. The SMILES string of the molecule is COCC(C)NCCOc1cccc(C)c1C. The van der Waals surface area contributed by atoms with Crippen LogP contribution in [0.1, 0.15) is 18.1 Å². The highest BCUT2D eigenvalue weighted by atomic mass is 16.5. The second-order valence-corrected chi connectivity index (χ2v) is 4.36. The quantitative estimate of drug-likeness (QED) is 0.738. The van der Waals surface area contributed by atoms with Crippen molar-refractivity contribution in [2.24, 2.45) is 0 Å². The molecular formula is C14H23NO2. The molecule has 0 spiro atoms. The van der Waals surface area contributed by atoms with E-state index in [4.69, 9.17) is 9.47 Å². The third-order valence-electron chi connectivity index (χ3n) is 2.82. The van der Waals surface area contributed by atoms with Crippen molar-refractivity contribution in [2.45, 2.75) is 26.8 Å². The fourth-order valence-corrected chi connectivity index (χ4v) is 1.66. The van der Waals surface area contributed by atoms with Gasteiger partial charge in [-0.15, -0.1) is 0 Å². The van der Waals surface area contributed by atoms with Crippen LogP contribution >= 0.6 is 0 Å². The Bertz CT molecular complexity index is 339. The van der Waals surface area contributed by atoms with E-state index in [1.807, 2.05) is 12.1 Å². The second kappa shape index (κ2) is 7.30. The minimum absolute atomic E-state index is 0.363. The Morgan fingerprint density at radius 2 is 2.06 bits per heavy atom. The summed E-state index contributed by atoms with van der Waals surface area (Å²) in [5, 5.41) is 3.34. The molecule has 0 radical (unpaired) electrons. The Kier molecular flexibility index (Phi) is 6.01. The van der Waals surface area contributed by atoms with Crippen LogP contribution < -0.4 is 10.1 Å². The van der Waals surface area contributed by atoms with Crippen molar-refractivity contribution in [1.82, 2.24) is 5.32 Å². The first-order chi connectivity index (χ1) is 8.15. The van der Waals surface area contributed by atoms with Crippen LogP contribution in [0.3, 0.4) is 0 Å². The average Bonchev–Trinajstić information content (AvgIpc) is 2.30. The number of benzene rings is 1. The van der Waals surface area contributed by atoms with Gasteiger partial charge in [0.2, 0.25) is 0 Å². The highest BCUT2D eigenvalue weighted by molar-refractivity contribution is 5.38. The average molecular weight is 237 g/mol. The highest BCUT2D eigenvalue weighted by Gasteiger charge is 2.02. The molecule has 0 aliphatic heterocycles. The summed E-state index contributed by atoms with van der Waals surface area (Å²) in [7, 11) is 1.71. The first-order valence-electron chi connectivity index (χ1n) is 6.06. The molecule has 0 amide bonds. The fourth-order valence-electron chi connectivity index (χ4n) is 1.66. The summed E-state index contributed by atoms with van der Waals surface area (Å²) < 4.78 is 10.8.